The van der Waals surface area contributed by atoms with Crippen molar-refractivity contribution < 1.29 is 9.47 Å². The highest BCUT2D eigenvalue weighted by atomic mass is 35.5. The molecule has 0 aliphatic rings. The Morgan fingerprint density at radius 3 is 2.62 bits per heavy atom. The summed E-state index contributed by atoms with van der Waals surface area (Å²) in [5.41, 5.74) is 1.46. The SMILES string of the molecule is CCN(C)/C=N\c1cc(Cl)c(OC(C)COc2ccc(Cl)cc2)nc1C. The van der Waals surface area contributed by atoms with Gasteiger partial charge in [0, 0.05) is 18.6 Å². The molecule has 0 fully saturated rings. The first-order valence-electron chi connectivity index (χ1n) is 8.35. The predicted octanol–water partition coefficient (Wildman–Crippen LogP) is 5.15. The van der Waals surface area contributed by atoms with Crippen molar-refractivity contribution in [2.75, 3.05) is 20.2 Å². The van der Waals surface area contributed by atoms with Crippen molar-refractivity contribution in [1.82, 2.24) is 9.88 Å². The topological polar surface area (TPSA) is 47.0 Å². The van der Waals surface area contributed by atoms with Gasteiger partial charge in [-0.25, -0.2) is 9.98 Å². The lowest BCUT2D eigenvalue weighted by molar-refractivity contribution is 0.138. The molecule has 0 N–H and O–H groups in total. The van der Waals surface area contributed by atoms with Crippen LogP contribution in [0.15, 0.2) is 35.3 Å². The van der Waals surface area contributed by atoms with Gasteiger partial charge in [0.2, 0.25) is 5.88 Å². The van der Waals surface area contributed by atoms with Gasteiger partial charge in [0.05, 0.1) is 17.7 Å². The van der Waals surface area contributed by atoms with E-state index in [1.807, 2.05) is 37.9 Å². The van der Waals surface area contributed by atoms with Gasteiger partial charge < -0.3 is 14.4 Å². The van der Waals surface area contributed by atoms with Crippen LogP contribution in [-0.2, 0) is 0 Å². The van der Waals surface area contributed by atoms with Crippen LogP contribution in [0, 0.1) is 6.92 Å². The number of rotatable bonds is 8. The van der Waals surface area contributed by atoms with E-state index >= 15 is 0 Å². The van der Waals surface area contributed by atoms with E-state index in [0.29, 0.717) is 28.2 Å². The van der Waals surface area contributed by atoms with E-state index in [9.17, 15) is 0 Å². The number of pyridine rings is 1. The van der Waals surface area contributed by atoms with E-state index in [-0.39, 0.29) is 6.10 Å². The Hall–Kier alpha value is -1.98. The number of halogens is 2. The number of hydrogen-bond donors (Lipinski definition) is 0. The number of nitrogens with zero attached hydrogens (tertiary/aromatic N) is 3. The summed E-state index contributed by atoms with van der Waals surface area (Å²) < 4.78 is 11.5. The maximum atomic E-state index is 6.30. The van der Waals surface area contributed by atoms with E-state index < -0.39 is 0 Å². The maximum Gasteiger partial charge on any atom is 0.233 e. The van der Waals surface area contributed by atoms with Crippen LogP contribution in [0.1, 0.15) is 19.5 Å². The molecule has 1 unspecified atom stereocenters. The summed E-state index contributed by atoms with van der Waals surface area (Å²) in [5, 5.41) is 1.08. The number of aryl methyl sites for hydroxylation is 1. The van der Waals surface area contributed by atoms with Crippen LogP contribution in [0.25, 0.3) is 0 Å². The molecule has 0 saturated carbocycles. The third-order valence-corrected chi connectivity index (χ3v) is 4.13. The van der Waals surface area contributed by atoms with Crippen LogP contribution >= 0.6 is 23.2 Å². The first-order chi connectivity index (χ1) is 12.4. The molecule has 26 heavy (non-hydrogen) atoms. The highest BCUT2D eigenvalue weighted by Crippen LogP contribution is 2.30. The molecule has 1 atom stereocenters. The molecule has 1 aromatic heterocycles. The van der Waals surface area contributed by atoms with Crippen molar-refractivity contribution in [2.24, 2.45) is 4.99 Å². The first-order valence-corrected chi connectivity index (χ1v) is 9.11. The van der Waals surface area contributed by atoms with Crippen LogP contribution in [0.3, 0.4) is 0 Å². The molecular formula is C19H23Cl2N3O2. The molecule has 1 heterocycles. The molecule has 0 amide bonds. The van der Waals surface area contributed by atoms with Crippen LogP contribution in [0.5, 0.6) is 11.6 Å². The number of aromatic nitrogens is 1. The van der Waals surface area contributed by atoms with E-state index in [1.165, 1.54) is 0 Å². The van der Waals surface area contributed by atoms with Gasteiger partial charge in [0.15, 0.2) is 0 Å². The number of benzene rings is 1. The largest absolute Gasteiger partial charge is 0.490 e. The average molecular weight is 396 g/mol. The summed E-state index contributed by atoms with van der Waals surface area (Å²) in [4.78, 5) is 10.8. The van der Waals surface area contributed by atoms with Crippen molar-refractivity contribution in [3.05, 3.63) is 46.1 Å². The van der Waals surface area contributed by atoms with Gasteiger partial charge >= 0.3 is 0 Å². The normalized spacial score (nSPS) is 12.2. The predicted molar refractivity (Wildman–Crippen MR) is 107 cm³/mol. The molecule has 2 aromatic rings. The fraction of sp³-hybridized carbons (Fsp3) is 0.368. The Morgan fingerprint density at radius 1 is 1.27 bits per heavy atom. The Bertz CT molecular complexity index is 751. The lowest BCUT2D eigenvalue weighted by Crippen LogP contribution is -2.21. The quantitative estimate of drug-likeness (QED) is 0.457. The van der Waals surface area contributed by atoms with E-state index in [1.54, 1.807) is 24.5 Å². The third-order valence-electron chi connectivity index (χ3n) is 3.61. The lowest BCUT2D eigenvalue weighted by atomic mass is 10.3. The van der Waals surface area contributed by atoms with Crippen molar-refractivity contribution in [2.45, 2.75) is 26.9 Å². The Balaban J connectivity index is 1.98. The summed E-state index contributed by atoms with van der Waals surface area (Å²) in [6.45, 7) is 7.05. The number of aliphatic imine (C=N–C) groups is 1. The van der Waals surface area contributed by atoms with Crippen LogP contribution in [-0.4, -0.2) is 42.5 Å². The second kappa shape index (κ2) is 9.64. The second-order valence-electron chi connectivity index (χ2n) is 5.89. The van der Waals surface area contributed by atoms with Crippen molar-refractivity contribution in [3.8, 4) is 11.6 Å². The molecule has 0 saturated heterocycles. The summed E-state index contributed by atoms with van der Waals surface area (Å²) in [6, 6.07) is 8.93. The molecule has 1 aromatic carbocycles. The lowest BCUT2D eigenvalue weighted by Gasteiger charge is -2.16. The van der Waals surface area contributed by atoms with Gasteiger partial charge in [-0.15, -0.1) is 0 Å². The molecule has 2 rings (SSSR count). The minimum Gasteiger partial charge on any atom is -0.490 e. The summed E-state index contributed by atoms with van der Waals surface area (Å²) in [5.74, 6) is 1.10. The zero-order valence-electron chi connectivity index (χ0n) is 15.4. The monoisotopic (exact) mass is 395 g/mol. The standard InChI is InChI=1S/C19H23Cl2N3O2/c1-5-24(4)12-22-18-10-17(21)19(23-14(18)3)26-13(2)11-25-16-8-6-15(20)7-9-16/h6-10,12-13H,5,11H2,1-4H3/b22-12-. The van der Waals surface area contributed by atoms with Crippen LogP contribution in [0.4, 0.5) is 5.69 Å². The molecule has 0 aliphatic carbocycles. The smallest absolute Gasteiger partial charge is 0.233 e. The van der Waals surface area contributed by atoms with Gasteiger partial charge in [-0.1, -0.05) is 23.2 Å². The maximum absolute atomic E-state index is 6.30. The fourth-order valence-electron chi connectivity index (χ4n) is 1.97. The fourth-order valence-corrected chi connectivity index (χ4v) is 2.29. The Morgan fingerprint density at radius 2 is 1.96 bits per heavy atom. The first kappa shape index (κ1) is 20.3. The third kappa shape index (κ3) is 6.07. The van der Waals surface area contributed by atoms with Crippen molar-refractivity contribution in [3.63, 3.8) is 0 Å². The number of ether oxygens (including phenoxy) is 2. The van der Waals surface area contributed by atoms with Crippen molar-refractivity contribution in [1.29, 1.82) is 0 Å². The molecule has 5 nitrogen and oxygen atoms in total. The van der Waals surface area contributed by atoms with E-state index in [4.69, 9.17) is 32.7 Å². The van der Waals surface area contributed by atoms with Gasteiger partial charge in [-0.3, -0.25) is 0 Å². The zero-order chi connectivity index (χ0) is 19.1. The molecule has 7 heteroatoms. The molecule has 0 aliphatic heterocycles. The van der Waals surface area contributed by atoms with Crippen molar-refractivity contribution >= 4 is 35.2 Å². The summed E-state index contributed by atoms with van der Waals surface area (Å²) in [6.07, 6.45) is 1.53. The van der Waals surface area contributed by atoms with Crippen LogP contribution in [0.2, 0.25) is 10.0 Å². The minimum atomic E-state index is -0.226. The summed E-state index contributed by atoms with van der Waals surface area (Å²) >= 11 is 12.2. The molecular weight excluding hydrogens is 373 g/mol. The second-order valence-corrected chi connectivity index (χ2v) is 6.73. The Labute approximate surface area is 164 Å². The zero-order valence-corrected chi connectivity index (χ0v) is 16.9. The highest BCUT2D eigenvalue weighted by Gasteiger charge is 2.13. The molecule has 0 bridgehead atoms. The Kier molecular flexibility index (Phi) is 7.54. The van der Waals surface area contributed by atoms with E-state index in [2.05, 4.69) is 16.9 Å². The summed E-state index contributed by atoms with van der Waals surface area (Å²) in [7, 11) is 1.95. The van der Waals surface area contributed by atoms with Gasteiger partial charge in [0.25, 0.3) is 0 Å². The molecule has 0 spiro atoms. The van der Waals surface area contributed by atoms with Gasteiger partial charge in [-0.05, 0) is 51.1 Å². The van der Waals surface area contributed by atoms with Gasteiger partial charge in [-0.2, -0.15) is 0 Å². The molecule has 0 radical (unpaired) electrons. The van der Waals surface area contributed by atoms with Gasteiger partial charge in [0.1, 0.15) is 23.5 Å². The van der Waals surface area contributed by atoms with Crippen LogP contribution < -0.4 is 9.47 Å². The highest BCUT2D eigenvalue weighted by molar-refractivity contribution is 6.32. The minimum absolute atomic E-state index is 0.226. The number of hydrogen-bond acceptors (Lipinski definition) is 4. The van der Waals surface area contributed by atoms with E-state index in [0.717, 1.165) is 18.0 Å². The average Bonchev–Trinajstić information content (AvgIpc) is 2.62. The molecule has 140 valence electrons.